The molecule has 5 nitrogen and oxygen atoms in total. The average Bonchev–Trinajstić information content (AvgIpc) is 0. The van der Waals surface area contributed by atoms with Crippen LogP contribution >= 0.6 is 0 Å². The molecule has 0 heterocycles. The van der Waals surface area contributed by atoms with E-state index in [9.17, 15) is 0 Å². The van der Waals surface area contributed by atoms with Gasteiger partial charge in [-0.2, -0.15) is 0 Å². The van der Waals surface area contributed by atoms with E-state index in [-0.39, 0.29) is 108 Å². The zero-order valence-corrected chi connectivity index (χ0v) is 9.65. The van der Waals surface area contributed by atoms with Gasteiger partial charge in [-0.15, -0.1) is 0 Å². The first-order valence-corrected chi connectivity index (χ1v) is 0. The van der Waals surface area contributed by atoms with Crippen molar-refractivity contribution in [2.75, 3.05) is 0 Å². The molecule has 0 unspecified atom stereocenters. The van der Waals surface area contributed by atoms with Gasteiger partial charge >= 0.3 is 80.8 Å². The second-order valence-electron chi connectivity index (χ2n) is 0. The molecule has 0 aliphatic rings. The Morgan fingerprint density at radius 3 is 0.333 bits per heavy atom. The molecule has 46 valence electrons. The molecule has 0 fully saturated rings. The maximum Gasteiger partial charge on any atom is 3.00 e. The van der Waals surface area contributed by atoms with Gasteiger partial charge in [-0.3, -0.25) is 0 Å². The van der Waals surface area contributed by atoms with Crippen molar-refractivity contribution in [3.8, 4) is 0 Å². The second kappa shape index (κ2) is 160. The molecule has 0 rings (SSSR count). The van der Waals surface area contributed by atoms with E-state index >= 15 is 0 Å². The van der Waals surface area contributed by atoms with Gasteiger partial charge in [0, 0.05) is 0 Å². The van der Waals surface area contributed by atoms with Crippen LogP contribution in [0.3, 0.4) is 0 Å². The topological polar surface area (TPSA) is 142 Å². The maximum absolute atomic E-state index is 0. The van der Waals surface area contributed by atoms with Crippen LogP contribution in [0.5, 0.6) is 0 Å². The molecule has 0 spiro atoms. The molecule has 9 heavy (non-hydrogen) atoms. The normalized spacial score (nSPS) is 0. The van der Waals surface area contributed by atoms with Crippen LogP contribution in [0.1, 0.15) is 0 Å². The van der Waals surface area contributed by atoms with E-state index < -0.39 is 0 Å². The molecule has 9 heteroatoms. The van der Waals surface area contributed by atoms with Gasteiger partial charge in [0.25, 0.3) is 0 Å². The van der Waals surface area contributed by atoms with Crippen LogP contribution in [-0.2, 0) is 62.1 Å². The maximum atomic E-state index is 0. The first-order chi connectivity index (χ1) is 0. The van der Waals surface area contributed by atoms with Gasteiger partial charge in [0.15, 0.2) is 0 Å². The summed E-state index contributed by atoms with van der Waals surface area (Å²) in [5.41, 5.74) is 0. The van der Waals surface area contributed by atoms with Crippen molar-refractivity contribution in [3.05, 3.63) is 0 Å². The Bertz CT molecular complexity index is 12.9. The fourth-order valence-electron chi connectivity index (χ4n) is 0. The van der Waals surface area contributed by atoms with Gasteiger partial charge in [-0.25, -0.2) is 0 Å². The summed E-state index contributed by atoms with van der Waals surface area (Å²) in [5, 5.41) is 0. The summed E-state index contributed by atoms with van der Waals surface area (Å²) in [6.07, 6.45) is 0. The van der Waals surface area contributed by atoms with Crippen LogP contribution in [0.4, 0.5) is 0 Å². The van der Waals surface area contributed by atoms with Crippen molar-refractivity contribution in [1.29, 1.82) is 0 Å². The minimum atomic E-state index is 0. The Labute approximate surface area is 107 Å². The minimum absolute atomic E-state index is 0. The van der Waals surface area contributed by atoms with E-state index in [4.69, 9.17) is 0 Å². The smallest absolute Gasteiger partial charge is 2.00 e. The van der Waals surface area contributed by atoms with E-state index in [0.717, 1.165) is 0 Å². The first kappa shape index (κ1) is 214. The van der Waals surface area contributed by atoms with E-state index in [0.29, 0.717) is 0 Å². The van der Waals surface area contributed by atoms with Gasteiger partial charge < -0.3 is 27.4 Å². The predicted octanol–water partition coefficient (Wildman–Crippen LogP) is -1.36. The van der Waals surface area contributed by atoms with Gasteiger partial charge in [-0.1, -0.05) is 0 Å². The Morgan fingerprint density at radius 1 is 0.333 bits per heavy atom. The van der Waals surface area contributed by atoms with Crippen LogP contribution in [0.15, 0.2) is 0 Å². The molecule has 0 bridgehead atoms. The van der Waals surface area contributed by atoms with Gasteiger partial charge in [0.05, 0.1) is 0 Å². The van der Waals surface area contributed by atoms with Crippen LogP contribution in [-0.4, -0.2) is 46.1 Å². The van der Waals surface area contributed by atoms with Crippen molar-refractivity contribution in [1.82, 2.24) is 0 Å². The Balaban J connectivity index is 0. The van der Waals surface area contributed by atoms with Crippen LogP contribution < -0.4 is 0 Å². The molecule has 0 saturated heterocycles. The minimum Gasteiger partial charge on any atom is -2.00 e. The van der Waals surface area contributed by atoms with Crippen molar-refractivity contribution in [2.45, 2.75) is 0 Å². The number of rotatable bonds is 0. The van der Waals surface area contributed by atoms with E-state index in [1.165, 1.54) is 0 Å². The van der Waals surface area contributed by atoms with Gasteiger partial charge in [-0.05, 0) is 0 Å². The van der Waals surface area contributed by atoms with Crippen LogP contribution in [0, 0.1) is 0 Å². The molecule has 0 aromatic carbocycles. The van der Waals surface area contributed by atoms with Gasteiger partial charge in [0.1, 0.15) is 0 Å². The molecule has 0 N–H and O–H groups in total. The molecule has 0 aromatic heterocycles. The zero-order chi connectivity index (χ0) is 0. The third kappa shape index (κ3) is 128. The summed E-state index contributed by atoms with van der Waals surface area (Å²) in [4.78, 5) is 0. The molecule has 0 aliphatic carbocycles. The summed E-state index contributed by atoms with van der Waals surface area (Å²) in [7, 11) is 0. The third-order valence-corrected chi connectivity index (χ3v) is 0. The molecule has 2 radical (unpaired) electrons. The largest absolute Gasteiger partial charge is 3.00 e. The van der Waals surface area contributed by atoms with E-state index in [1.807, 2.05) is 0 Å². The Morgan fingerprint density at radius 2 is 0.333 bits per heavy atom. The molecular weight excluding hydrogens is 233 g/mol. The predicted molar refractivity (Wildman–Crippen MR) is 14.9 cm³/mol. The fraction of sp³-hybridized carbons (Fsp3) is 0. The van der Waals surface area contributed by atoms with Gasteiger partial charge in [0.2, 0.25) is 0 Å². The summed E-state index contributed by atoms with van der Waals surface area (Å²) >= 11 is 0. The van der Waals surface area contributed by atoms with E-state index in [1.54, 1.807) is 0 Å². The summed E-state index contributed by atoms with van der Waals surface area (Å²) in [5.74, 6) is 0. The monoisotopic (exact) mass is 232 g/mol. The van der Waals surface area contributed by atoms with Crippen LogP contribution in [0.2, 0.25) is 0 Å². The molecule has 0 aliphatic heterocycles. The standard InChI is InChI=1S/2Cr.2Mg.5O/q2*+3;2*+2;5*-2. The van der Waals surface area contributed by atoms with Crippen molar-refractivity contribution in [2.24, 2.45) is 0 Å². The average molecular weight is 233 g/mol. The molecule has 0 atom stereocenters. The van der Waals surface area contributed by atoms with Crippen molar-refractivity contribution >= 4 is 46.1 Å². The molecule has 0 aromatic rings. The van der Waals surface area contributed by atoms with Crippen LogP contribution in [0.25, 0.3) is 0 Å². The Kier molecular flexibility index (Phi) is 3810. The molecule has 0 saturated carbocycles. The summed E-state index contributed by atoms with van der Waals surface area (Å²) < 4.78 is 0. The third-order valence-electron chi connectivity index (χ3n) is 0. The number of hydrogen-bond donors (Lipinski definition) is 0. The Hall–Kier alpha value is 2.40. The quantitative estimate of drug-likeness (QED) is 0.455. The van der Waals surface area contributed by atoms with E-state index in [2.05, 4.69) is 0 Å². The summed E-state index contributed by atoms with van der Waals surface area (Å²) in [6, 6.07) is 0. The fourth-order valence-corrected chi connectivity index (χ4v) is 0. The number of hydrogen-bond acceptors (Lipinski definition) is 0. The molecule has 0 amide bonds. The van der Waals surface area contributed by atoms with Crippen molar-refractivity contribution in [3.63, 3.8) is 0 Å². The SMILES string of the molecule is [Cr+3].[Cr+3].[Mg+2].[Mg+2].[O-2].[O-2].[O-2].[O-2].[O-2]. The summed E-state index contributed by atoms with van der Waals surface area (Å²) in [6.45, 7) is 0. The second-order valence-corrected chi connectivity index (χ2v) is 0. The van der Waals surface area contributed by atoms with Crippen molar-refractivity contribution < 1.29 is 62.1 Å². The zero-order valence-electron chi connectivity index (χ0n) is 4.27. The first-order valence-electron chi connectivity index (χ1n) is 0. The molecular formula is Cr2Mg2O5.